The van der Waals surface area contributed by atoms with E-state index in [4.69, 9.17) is 5.11 Å². The molecule has 0 radical (unpaired) electrons. The van der Waals surface area contributed by atoms with Crippen molar-refractivity contribution >= 4 is 12.3 Å². The van der Waals surface area contributed by atoms with E-state index in [2.05, 4.69) is 10.1 Å². The molecule has 86 valence electrons. The maximum atomic E-state index is 10.8. The van der Waals surface area contributed by atoms with E-state index >= 15 is 0 Å². The lowest BCUT2D eigenvalue weighted by Gasteiger charge is -2.01. The van der Waals surface area contributed by atoms with Crippen molar-refractivity contribution in [2.75, 3.05) is 0 Å². The van der Waals surface area contributed by atoms with Gasteiger partial charge in [-0.25, -0.2) is 14.5 Å². The van der Waals surface area contributed by atoms with Crippen LogP contribution in [0.5, 0.6) is 0 Å². The SMILES string of the molecule is Cc1nn(-c2ccnc(C(=O)O)c2)cc1C=O. The van der Waals surface area contributed by atoms with Crippen molar-refractivity contribution < 1.29 is 14.7 Å². The normalized spacial score (nSPS) is 10.2. The number of aryl methyl sites for hydroxylation is 1. The van der Waals surface area contributed by atoms with Crippen LogP contribution in [-0.2, 0) is 0 Å². The zero-order valence-corrected chi connectivity index (χ0v) is 8.99. The van der Waals surface area contributed by atoms with Gasteiger partial charge in [-0.2, -0.15) is 5.10 Å². The molecule has 0 aliphatic rings. The molecule has 0 aliphatic carbocycles. The molecule has 6 nitrogen and oxygen atoms in total. The van der Waals surface area contributed by atoms with Gasteiger partial charge in [-0.1, -0.05) is 0 Å². The summed E-state index contributed by atoms with van der Waals surface area (Å²) >= 11 is 0. The second-order valence-corrected chi connectivity index (χ2v) is 3.44. The Morgan fingerprint density at radius 2 is 2.29 bits per heavy atom. The summed E-state index contributed by atoms with van der Waals surface area (Å²) in [6, 6.07) is 3.01. The van der Waals surface area contributed by atoms with Gasteiger partial charge in [0.2, 0.25) is 0 Å². The van der Waals surface area contributed by atoms with Gasteiger partial charge in [0.25, 0.3) is 0 Å². The molecule has 0 saturated carbocycles. The number of hydrogen-bond donors (Lipinski definition) is 1. The fraction of sp³-hybridized carbons (Fsp3) is 0.0909. The van der Waals surface area contributed by atoms with Crippen molar-refractivity contribution in [2.24, 2.45) is 0 Å². The molecule has 1 N–H and O–H groups in total. The zero-order valence-electron chi connectivity index (χ0n) is 8.99. The van der Waals surface area contributed by atoms with Crippen LogP contribution in [0.25, 0.3) is 5.69 Å². The van der Waals surface area contributed by atoms with Crippen LogP contribution in [0.2, 0.25) is 0 Å². The van der Waals surface area contributed by atoms with Crippen LogP contribution in [0.1, 0.15) is 26.5 Å². The molecular weight excluding hydrogens is 222 g/mol. The Kier molecular flexibility index (Phi) is 2.70. The maximum Gasteiger partial charge on any atom is 0.354 e. The molecule has 2 heterocycles. The number of aromatic carboxylic acids is 1. The molecule has 0 saturated heterocycles. The number of rotatable bonds is 3. The summed E-state index contributed by atoms with van der Waals surface area (Å²) < 4.78 is 1.45. The van der Waals surface area contributed by atoms with E-state index in [1.54, 1.807) is 19.2 Å². The molecule has 0 atom stereocenters. The van der Waals surface area contributed by atoms with Crippen LogP contribution in [0, 0.1) is 6.92 Å². The number of pyridine rings is 1. The molecule has 17 heavy (non-hydrogen) atoms. The number of hydrogen-bond acceptors (Lipinski definition) is 4. The van der Waals surface area contributed by atoms with Gasteiger partial charge in [0, 0.05) is 12.4 Å². The molecule has 0 aliphatic heterocycles. The van der Waals surface area contributed by atoms with E-state index in [-0.39, 0.29) is 5.69 Å². The molecule has 0 amide bonds. The number of aldehydes is 1. The third-order valence-corrected chi connectivity index (χ3v) is 2.29. The lowest BCUT2D eigenvalue weighted by Crippen LogP contribution is -2.03. The monoisotopic (exact) mass is 231 g/mol. The Hall–Kier alpha value is -2.50. The summed E-state index contributed by atoms with van der Waals surface area (Å²) in [7, 11) is 0. The van der Waals surface area contributed by atoms with E-state index < -0.39 is 5.97 Å². The summed E-state index contributed by atoms with van der Waals surface area (Å²) in [4.78, 5) is 25.2. The van der Waals surface area contributed by atoms with Crippen LogP contribution in [0.4, 0.5) is 0 Å². The molecule has 6 heteroatoms. The largest absolute Gasteiger partial charge is 0.477 e. The third kappa shape index (κ3) is 2.05. The number of nitrogens with zero attached hydrogens (tertiary/aromatic N) is 3. The maximum absolute atomic E-state index is 10.8. The van der Waals surface area contributed by atoms with Crippen LogP contribution in [-0.4, -0.2) is 32.1 Å². The van der Waals surface area contributed by atoms with Gasteiger partial charge in [-0.3, -0.25) is 4.79 Å². The van der Waals surface area contributed by atoms with E-state index in [1.807, 2.05) is 0 Å². The minimum Gasteiger partial charge on any atom is -0.477 e. The highest BCUT2D eigenvalue weighted by molar-refractivity contribution is 5.85. The summed E-state index contributed by atoms with van der Waals surface area (Å²) in [5.74, 6) is -1.11. The fourth-order valence-electron chi connectivity index (χ4n) is 1.40. The van der Waals surface area contributed by atoms with Crippen molar-refractivity contribution in [1.82, 2.24) is 14.8 Å². The predicted molar refractivity (Wildman–Crippen MR) is 58.4 cm³/mol. The Bertz CT molecular complexity index is 589. The average Bonchev–Trinajstić information content (AvgIpc) is 2.71. The summed E-state index contributed by atoms with van der Waals surface area (Å²) in [6.07, 6.45) is 3.64. The lowest BCUT2D eigenvalue weighted by molar-refractivity contribution is 0.0690. The van der Waals surface area contributed by atoms with Gasteiger partial charge in [-0.05, 0) is 19.1 Å². The van der Waals surface area contributed by atoms with Gasteiger partial charge in [0.1, 0.15) is 5.69 Å². The number of carbonyl (C=O) groups excluding carboxylic acids is 1. The number of carboxylic acid groups (broad SMARTS) is 1. The van der Waals surface area contributed by atoms with Crippen molar-refractivity contribution in [3.05, 3.63) is 41.5 Å². The van der Waals surface area contributed by atoms with E-state index in [0.29, 0.717) is 23.2 Å². The molecule has 0 bridgehead atoms. The van der Waals surface area contributed by atoms with E-state index in [9.17, 15) is 9.59 Å². The topological polar surface area (TPSA) is 85.1 Å². The minimum atomic E-state index is -1.11. The molecule has 0 aromatic carbocycles. The Morgan fingerprint density at radius 1 is 1.53 bits per heavy atom. The fourth-order valence-corrected chi connectivity index (χ4v) is 1.40. The summed E-state index contributed by atoms with van der Waals surface area (Å²) in [5, 5.41) is 12.9. The molecule has 0 spiro atoms. The first-order chi connectivity index (χ1) is 8.11. The zero-order chi connectivity index (χ0) is 12.4. The number of carboxylic acids is 1. The highest BCUT2D eigenvalue weighted by Crippen LogP contribution is 2.11. The smallest absolute Gasteiger partial charge is 0.354 e. The average molecular weight is 231 g/mol. The highest BCUT2D eigenvalue weighted by Gasteiger charge is 2.09. The predicted octanol–water partition coefficient (Wildman–Crippen LogP) is 1.09. The van der Waals surface area contributed by atoms with Crippen molar-refractivity contribution in [1.29, 1.82) is 0 Å². The van der Waals surface area contributed by atoms with Crippen LogP contribution in [0.15, 0.2) is 24.5 Å². The second kappa shape index (κ2) is 4.17. The Balaban J connectivity index is 2.48. The van der Waals surface area contributed by atoms with Gasteiger partial charge in [0.05, 0.1) is 16.9 Å². The lowest BCUT2D eigenvalue weighted by atomic mass is 10.3. The van der Waals surface area contributed by atoms with Crippen LogP contribution < -0.4 is 0 Å². The van der Waals surface area contributed by atoms with E-state index in [0.717, 1.165) is 0 Å². The Morgan fingerprint density at radius 3 is 2.88 bits per heavy atom. The second-order valence-electron chi connectivity index (χ2n) is 3.44. The van der Waals surface area contributed by atoms with Crippen LogP contribution >= 0.6 is 0 Å². The number of aromatic nitrogens is 3. The summed E-state index contributed by atoms with van der Waals surface area (Å²) in [6.45, 7) is 1.71. The van der Waals surface area contributed by atoms with Gasteiger partial charge < -0.3 is 5.11 Å². The van der Waals surface area contributed by atoms with Crippen molar-refractivity contribution in [3.8, 4) is 5.69 Å². The first-order valence-electron chi connectivity index (χ1n) is 4.83. The van der Waals surface area contributed by atoms with E-state index in [1.165, 1.54) is 16.9 Å². The first-order valence-corrected chi connectivity index (χ1v) is 4.83. The quantitative estimate of drug-likeness (QED) is 0.799. The summed E-state index contributed by atoms with van der Waals surface area (Å²) in [5.41, 5.74) is 1.55. The third-order valence-electron chi connectivity index (χ3n) is 2.29. The van der Waals surface area contributed by atoms with Gasteiger partial charge in [0.15, 0.2) is 6.29 Å². The molecule has 2 aromatic heterocycles. The molecule has 2 aromatic rings. The number of carbonyl (C=O) groups is 2. The van der Waals surface area contributed by atoms with Crippen molar-refractivity contribution in [3.63, 3.8) is 0 Å². The molecular formula is C11H9N3O3. The van der Waals surface area contributed by atoms with Crippen LogP contribution in [0.3, 0.4) is 0 Å². The Labute approximate surface area is 96.5 Å². The van der Waals surface area contributed by atoms with Crippen molar-refractivity contribution in [2.45, 2.75) is 6.92 Å². The molecule has 0 fully saturated rings. The highest BCUT2D eigenvalue weighted by atomic mass is 16.4. The van der Waals surface area contributed by atoms with Gasteiger partial charge >= 0.3 is 5.97 Å². The standard InChI is InChI=1S/C11H9N3O3/c1-7-8(6-15)5-14(13-7)9-2-3-12-10(4-9)11(16)17/h2-6H,1H3,(H,16,17). The van der Waals surface area contributed by atoms with Gasteiger partial charge in [-0.15, -0.1) is 0 Å². The minimum absolute atomic E-state index is 0.0664. The molecule has 2 rings (SSSR count). The molecule has 0 unspecified atom stereocenters. The first kappa shape index (κ1) is 11.0.